The Balaban J connectivity index is 0.0000000830. The van der Waals surface area contributed by atoms with Gasteiger partial charge in [0.2, 0.25) is 16.7 Å². The van der Waals surface area contributed by atoms with E-state index in [4.69, 9.17) is 21.8 Å². The molecule has 0 aliphatic carbocycles. The second kappa shape index (κ2) is 22.3. The molecule has 0 N–H and O–H groups in total. The van der Waals surface area contributed by atoms with E-state index >= 15 is 0 Å². The highest BCUT2D eigenvalue weighted by Gasteiger charge is 2.40. The van der Waals surface area contributed by atoms with Gasteiger partial charge in [-0.05, 0) is 48.5 Å². The van der Waals surface area contributed by atoms with Gasteiger partial charge in [-0.25, -0.2) is 9.13 Å². The molecule has 24 heteroatoms. The van der Waals surface area contributed by atoms with Gasteiger partial charge in [0.25, 0.3) is 32.5 Å². The summed E-state index contributed by atoms with van der Waals surface area (Å²) in [6.07, 6.45) is 32.9. The zero-order valence-corrected chi connectivity index (χ0v) is 56.7. The minimum absolute atomic E-state index is 0.547. The van der Waals surface area contributed by atoms with Crippen molar-refractivity contribution >= 4 is 141 Å². The molecule has 26 rings (SSSR count). The number of pyridine rings is 9. The molecule has 103 heavy (non-hydrogen) atoms. The molecule has 21 aromatic rings. The van der Waals surface area contributed by atoms with E-state index in [0.717, 1.165) is 127 Å². The Labute approximate surface area is 597 Å². The van der Waals surface area contributed by atoms with Gasteiger partial charge in [0.05, 0.1) is 67.5 Å². The first kappa shape index (κ1) is 54.9. The zero-order chi connectivity index (χ0) is 70.2. The second-order valence-electron chi connectivity index (χ2n) is 25.7. The lowest BCUT2D eigenvalue weighted by Crippen LogP contribution is -2.32. The third kappa shape index (κ3) is 8.55. The van der Waals surface area contributed by atoms with Gasteiger partial charge in [0, 0.05) is 174 Å². The summed E-state index contributed by atoms with van der Waals surface area (Å²) in [6, 6.07) is 36.7. The summed E-state index contributed by atoms with van der Waals surface area (Å²) >= 11 is 5.52. The predicted octanol–water partition coefficient (Wildman–Crippen LogP) is 14.1. The zero-order valence-electron chi connectivity index (χ0n) is 57.3. The molecule has 0 radical (unpaired) electrons. The van der Waals surface area contributed by atoms with Crippen LogP contribution in [-0.2, 0) is 46.7 Å². The molecule has 19 aromatic heterocycles. The molecule has 0 amide bonds. The van der Waals surface area contributed by atoms with Crippen molar-refractivity contribution in [3.63, 3.8) is 0 Å². The molecule has 0 fully saturated rings. The van der Waals surface area contributed by atoms with Crippen LogP contribution in [0, 0.1) is 0 Å². The van der Waals surface area contributed by atoms with Gasteiger partial charge >= 0.3 is 22.7 Å². The molecule has 0 saturated carbocycles. The number of benzene rings is 2. The van der Waals surface area contributed by atoms with Gasteiger partial charge in [0.1, 0.15) is 52.2 Å². The first-order valence-corrected chi connectivity index (χ1v) is 35.7. The third-order valence-electron chi connectivity index (χ3n) is 20.1. The summed E-state index contributed by atoms with van der Waals surface area (Å²) in [5, 5.41) is 7.82. The summed E-state index contributed by atoms with van der Waals surface area (Å²) in [4.78, 5) is 39.2. The molecular formula is C79H52N17O4S3+5. The van der Waals surface area contributed by atoms with Crippen LogP contribution in [0.25, 0.3) is 169 Å². The number of nitrogens with zero attached hydrogens (tertiary/aromatic N) is 17. The fourth-order valence-corrected chi connectivity index (χ4v) is 19.4. The van der Waals surface area contributed by atoms with Gasteiger partial charge in [0.15, 0.2) is 17.8 Å². The van der Waals surface area contributed by atoms with Gasteiger partial charge in [-0.2, -0.15) is 22.8 Å². The van der Waals surface area contributed by atoms with E-state index in [-0.39, 0.29) is 0 Å². The lowest BCUT2D eigenvalue weighted by molar-refractivity contribution is -0.652. The Morgan fingerprint density at radius 1 is 0.369 bits per heavy atom. The van der Waals surface area contributed by atoms with Crippen LogP contribution in [0.4, 0.5) is 0 Å². The number of rotatable bonds is 1. The van der Waals surface area contributed by atoms with Crippen LogP contribution in [0.15, 0.2) is 238 Å². The molecule has 24 heterocycles. The summed E-state index contributed by atoms with van der Waals surface area (Å²) in [5.74, 6) is 2.46. The fraction of sp³-hybridized carbons (Fsp3) is 0.0886. The lowest BCUT2D eigenvalue weighted by atomic mass is 10.1. The minimum Gasteiger partial charge on any atom is -0.413 e. The molecule has 0 atom stereocenters. The minimum atomic E-state index is -2.31. The number of thiophene rings is 1. The smallest absolute Gasteiger partial charge is 0.393 e. The van der Waals surface area contributed by atoms with E-state index in [1.54, 1.807) is 54.6 Å². The average Bonchev–Trinajstić information content (AvgIpc) is 1.57. The van der Waals surface area contributed by atoms with Crippen molar-refractivity contribution in [3.8, 4) is 61.2 Å². The monoisotopic (exact) mass is 1400 g/mol. The van der Waals surface area contributed by atoms with Crippen molar-refractivity contribution in [3.05, 3.63) is 249 Å². The van der Waals surface area contributed by atoms with Crippen molar-refractivity contribution in [2.75, 3.05) is 0 Å². The van der Waals surface area contributed by atoms with E-state index in [9.17, 15) is 0 Å². The number of fused-ring (bicyclic) bond motifs is 35. The van der Waals surface area contributed by atoms with Gasteiger partial charge < -0.3 is 17.7 Å². The van der Waals surface area contributed by atoms with Crippen molar-refractivity contribution in [1.82, 2.24) is 58.6 Å². The summed E-state index contributed by atoms with van der Waals surface area (Å²) in [6.45, 7) is 1.66. The largest absolute Gasteiger partial charge is 0.413 e. The number of hydrogen-bond donors (Lipinski definition) is 0. The van der Waals surface area contributed by atoms with Crippen LogP contribution in [-0.4, -0.2) is 58.6 Å². The van der Waals surface area contributed by atoms with E-state index in [1.807, 2.05) is 144 Å². The summed E-state index contributed by atoms with van der Waals surface area (Å²) in [5.41, 5.74) is 22.9. The fourth-order valence-electron chi connectivity index (χ4n) is 15.5. The highest BCUT2D eigenvalue weighted by Crippen LogP contribution is 2.44. The van der Waals surface area contributed by atoms with Gasteiger partial charge in [-0.15, -0.1) is 4.57 Å². The number of para-hydroxylation sites is 1. The standard InChI is InChI=1S/C20H13N4O.2C15H11N4O.C15H9N2OS.C14H8N3S2/c1-2-4-14(5-3-1)24-17-7-9-22-11-16(17)18-19(24)23-12-13-10-21-8-6-15(13)20(23)25-18;2*1-18-12-3-5-17-7-11(12)13-14(18)19-8-9-6-16-4-2-10(9)15(19)20-13;1-2-4-10-9(3-1)8-17-14-13(19-15(10)17)11-7-16-6-5-12(11)18-14;1-3-15-5-8-7-17-13(9(1)8)19-12-10-6-16-4-2-11(10)18-14(12)17/h1-11H,12H2;2*2-7H,8H2,1H3;1-7H,8H2;1-6H,7H2/q5*+1/i;1D3;;;. The van der Waals surface area contributed by atoms with E-state index < -0.39 is 6.98 Å². The Kier molecular flexibility index (Phi) is 11.9. The molecular weight excluding hydrogens is 1350 g/mol. The SMILES string of the molecule is Cn1c2ccncc2c2oc3[n+](c21)Cc1cnccc1-3.[2H]C([2H])([2H])n1c2ccncc2c2oc3[n+](c21)Cc1cnccc1-3.c1cc2c(cn1)C[n+]1c-2sc2c3cnccc3sc21.c1ccc(-n2c3ccncc3c3oc4[n+](c32)Cc2cnccc2-4)cc1.c1ccc2c(c1)C[n+]1c-2sc2c3cnccc3oc21. The van der Waals surface area contributed by atoms with Crippen LogP contribution in [0.1, 0.15) is 31.9 Å². The Bertz CT molecular complexity index is 7100. The number of aromatic nitrogens is 17. The second-order valence-corrected chi connectivity index (χ2v) is 28.7. The maximum Gasteiger partial charge on any atom is 0.393 e. The van der Waals surface area contributed by atoms with Gasteiger partial charge in [-0.1, -0.05) is 70.4 Å². The Morgan fingerprint density at radius 3 is 1.46 bits per heavy atom. The Hall–Kier alpha value is -12.9. The van der Waals surface area contributed by atoms with Crippen LogP contribution >= 0.6 is 34.0 Å². The van der Waals surface area contributed by atoms with Crippen molar-refractivity contribution < 1.29 is 44.6 Å². The molecule has 21 nitrogen and oxygen atoms in total. The first-order chi connectivity index (χ1) is 52.1. The topological polar surface area (TPSA) is 203 Å². The molecule has 0 spiro atoms. The maximum absolute atomic E-state index is 7.92. The summed E-state index contributed by atoms with van der Waals surface area (Å²) < 4.78 is 69.0. The first-order valence-electron chi connectivity index (χ1n) is 34.8. The number of aryl methyl sites for hydroxylation is 2. The maximum atomic E-state index is 7.92. The molecule has 2 aromatic carbocycles. The van der Waals surface area contributed by atoms with E-state index in [2.05, 4.69) is 140 Å². The average molecular weight is 1400 g/mol. The van der Waals surface area contributed by atoms with Crippen molar-refractivity contribution in [1.29, 1.82) is 0 Å². The lowest BCUT2D eigenvalue weighted by Gasteiger charge is -2.00. The number of oxazole rings is 3. The number of hydrogen-bond acceptors (Lipinski definition) is 16. The normalized spacial score (nSPS) is 13.5. The molecule has 0 unspecified atom stereocenters. The van der Waals surface area contributed by atoms with E-state index in [0.29, 0.717) is 34.6 Å². The Morgan fingerprint density at radius 2 is 0.816 bits per heavy atom. The van der Waals surface area contributed by atoms with E-state index in [1.165, 1.54) is 72.3 Å². The number of thiazole rings is 2. The number of furan rings is 1. The summed E-state index contributed by atoms with van der Waals surface area (Å²) in [7, 11) is 2.06. The highest BCUT2D eigenvalue weighted by molar-refractivity contribution is 7.32. The van der Waals surface area contributed by atoms with Crippen molar-refractivity contribution in [2.24, 2.45) is 14.0 Å². The van der Waals surface area contributed by atoms with Crippen LogP contribution < -0.4 is 22.8 Å². The molecule has 5 aliphatic rings. The predicted molar refractivity (Wildman–Crippen MR) is 391 cm³/mol. The highest BCUT2D eigenvalue weighted by atomic mass is 32.1. The van der Waals surface area contributed by atoms with Crippen LogP contribution in [0.2, 0.25) is 0 Å². The van der Waals surface area contributed by atoms with Gasteiger partial charge in [-0.3, -0.25) is 44.9 Å². The van der Waals surface area contributed by atoms with Crippen LogP contribution in [0.5, 0.6) is 0 Å². The van der Waals surface area contributed by atoms with Crippen molar-refractivity contribution in [2.45, 2.75) is 32.7 Å². The molecule has 0 saturated heterocycles. The molecule has 490 valence electrons. The van der Waals surface area contributed by atoms with Crippen LogP contribution in [0.3, 0.4) is 0 Å². The quantitative estimate of drug-likeness (QED) is 0.141. The third-order valence-corrected chi connectivity index (χ3v) is 23.9. The molecule has 5 aliphatic heterocycles. The molecule has 0 bridgehead atoms.